The van der Waals surface area contributed by atoms with Crippen molar-refractivity contribution in [2.45, 2.75) is 45.7 Å². The maximum absolute atomic E-state index is 10.6. The first-order valence-corrected chi connectivity index (χ1v) is 9.94. The van der Waals surface area contributed by atoms with E-state index in [0.717, 1.165) is 6.42 Å². The molecule has 0 aliphatic carbocycles. The van der Waals surface area contributed by atoms with Crippen molar-refractivity contribution in [3.8, 4) is 0 Å². The van der Waals surface area contributed by atoms with Gasteiger partial charge in [-0.1, -0.05) is 6.08 Å². The van der Waals surface area contributed by atoms with Crippen LogP contribution in [0, 0.1) is 0 Å². The number of hydrogen-bond acceptors (Lipinski definition) is 5. The lowest BCUT2D eigenvalue weighted by Crippen LogP contribution is -2.46. The fourth-order valence-corrected chi connectivity index (χ4v) is 4.99. The molecule has 2 unspecified atom stereocenters. The molecule has 0 aliphatic heterocycles. The minimum atomic E-state index is -2.63. The Morgan fingerprint density at radius 1 is 1.25 bits per heavy atom. The molecule has 2 atom stereocenters. The van der Waals surface area contributed by atoms with Crippen LogP contribution >= 0.6 is 0 Å². The van der Waals surface area contributed by atoms with E-state index in [1.807, 2.05) is 20.8 Å². The van der Waals surface area contributed by atoms with Gasteiger partial charge in [0.1, 0.15) is 0 Å². The van der Waals surface area contributed by atoms with Gasteiger partial charge in [-0.25, -0.2) is 4.72 Å². The zero-order chi connectivity index (χ0) is 15.4. The second-order valence-electron chi connectivity index (χ2n) is 4.07. The zero-order valence-electron chi connectivity index (χ0n) is 12.6. The summed E-state index contributed by atoms with van der Waals surface area (Å²) >= 11 is -2.28. The fourth-order valence-electron chi connectivity index (χ4n) is 1.89. The Hall–Kier alpha value is -0.0931. The number of nitrogens with one attached hydrogen (secondary N) is 1. The van der Waals surface area contributed by atoms with E-state index in [9.17, 15) is 8.76 Å². The van der Waals surface area contributed by atoms with Crippen molar-refractivity contribution < 1.29 is 22.0 Å². The van der Waals surface area contributed by atoms with E-state index in [2.05, 4.69) is 11.3 Å². The molecule has 0 aromatic rings. The molecule has 0 aromatic heterocycles. The van der Waals surface area contributed by atoms with Gasteiger partial charge in [-0.05, 0) is 33.6 Å². The highest BCUT2D eigenvalue weighted by molar-refractivity contribution is 7.77. The predicted molar refractivity (Wildman–Crippen MR) is 80.7 cm³/mol. The van der Waals surface area contributed by atoms with Crippen molar-refractivity contribution in [3.63, 3.8) is 0 Å². The van der Waals surface area contributed by atoms with Crippen molar-refractivity contribution >= 4 is 20.1 Å². The summed E-state index contributed by atoms with van der Waals surface area (Å²) in [6.07, 6.45) is 2.97. The summed E-state index contributed by atoms with van der Waals surface area (Å²) in [6.45, 7) is 11.0. The Morgan fingerprint density at radius 2 is 1.75 bits per heavy atom. The minimum absolute atomic E-state index is 0.273. The lowest BCUT2D eigenvalue weighted by molar-refractivity contribution is 0.0706. The molecule has 20 heavy (non-hydrogen) atoms. The first-order valence-electron chi connectivity index (χ1n) is 6.93. The Balaban J connectivity index is 4.42. The van der Waals surface area contributed by atoms with Gasteiger partial charge in [0.25, 0.3) is 0 Å². The van der Waals surface area contributed by atoms with Crippen LogP contribution in [0.5, 0.6) is 0 Å². The van der Waals surface area contributed by atoms with Gasteiger partial charge in [-0.3, -0.25) is 4.21 Å². The monoisotopic (exact) mass is 324 g/mol. The average molecular weight is 324 g/mol. The first-order chi connectivity index (χ1) is 9.53. The molecule has 0 bridgehead atoms. The highest BCUT2D eigenvalue weighted by atomic mass is 32.2. The van der Waals surface area contributed by atoms with Crippen LogP contribution in [0.3, 0.4) is 0 Å². The highest BCUT2D eigenvalue weighted by Crippen LogP contribution is 2.20. The first kappa shape index (κ1) is 19.9. The number of hydrogen-bond donors (Lipinski definition) is 1. The van der Waals surface area contributed by atoms with E-state index >= 15 is 0 Å². The lowest BCUT2D eigenvalue weighted by atomic mass is 10.2. The van der Waals surface area contributed by atoms with Crippen molar-refractivity contribution in [3.05, 3.63) is 12.7 Å². The molecule has 0 fully saturated rings. The summed E-state index contributed by atoms with van der Waals surface area (Å²) in [5.74, 6) is 0. The molecule has 0 saturated heterocycles. The van der Waals surface area contributed by atoms with Crippen molar-refractivity contribution in [1.82, 2.24) is 4.72 Å². The molecule has 120 valence electrons. The molecule has 0 aromatic carbocycles. The molecular formula is C12H26NO5SSi-. The molecule has 8 heteroatoms. The Kier molecular flexibility index (Phi) is 11.5. The second kappa shape index (κ2) is 11.6. The Morgan fingerprint density at radius 3 is 2.10 bits per heavy atom. The third-order valence-corrected chi connectivity index (χ3v) is 6.27. The Labute approximate surface area is 125 Å². The SMILES string of the molecule is C=CC(CCC[Si](OCC)(OCC)OCC)NS(=O)[O-]. The summed E-state index contributed by atoms with van der Waals surface area (Å²) in [7, 11) is -2.63. The zero-order valence-corrected chi connectivity index (χ0v) is 14.4. The summed E-state index contributed by atoms with van der Waals surface area (Å²) < 4.78 is 40.8. The average Bonchev–Trinajstić information content (AvgIpc) is 2.38. The molecule has 1 N–H and O–H groups in total. The van der Waals surface area contributed by atoms with Gasteiger partial charge in [-0.2, -0.15) is 0 Å². The molecule has 0 saturated carbocycles. The van der Waals surface area contributed by atoms with Crippen molar-refractivity contribution in [2.24, 2.45) is 0 Å². The quantitative estimate of drug-likeness (QED) is 0.317. The number of rotatable bonds is 13. The van der Waals surface area contributed by atoms with Gasteiger partial charge in [0.15, 0.2) is 0 Å². The fraction of sp³-hybridized carbons (Fsp3) is 0.833. The lowest BCUT2D eigenvalue weighted by Gasteiger charge is -2.29. The van der Waals surface area contributed by atoms with Gasteiger partial charge in [0.2, 0.25) is 0 Å². The summed E-state index contributed by atoms with van der Waals surface area (Å²) in [5, 5.41) is 0. The van der Waals surface area contributed by atoms with Crippen LogP contribution in [0.4, 0.5) is 0 Å². The van der Waals surface area contributed by atoms with E-state index < -0.39 is 20.1 Å². The maximum Gasteiger partial charge on any atom is 0.500 e. The standard InChI is InChI=1S/C12H27NO5SSi/c1-5-12(13-19(14)15)10-9-11-20(16-6-2,17-7-3)18-8-4/h5,12-13H,1,6-11H2,2-4H3,(H,14,15)/p-1. The van der Waals surface area contributed by atoms with Gasteiger partial charge in [-0.15, -0.1) is 6.58 Å². The summed E-state index contributed by atoms with van der Waals surface area (Å²) in [5.41, 5.74) is 0. The molecule has 0 amide bonds. The van der Waals surface area contributed by atoms with Crippen LogP contribution in [0.1, 0.15) is 33.6 Å². The van der Waals surface area contributed by atoms with Crippen molar-refractivity contribution in [2.75, 3.05) is 19.8 Å². The largest absolute Gasteiger partial charge is 0.760 e. The van der Waals surface area contributed by atoms with Crippen molar-refractivity contribution in [1.29, 1.82) is 0 Å². The third kappa shape index (κ3) is 8.25. The third-order valence-electron chi connectivity index (χ3n) is 2.62. The molecule has 0 spiro atoms. The summed E-state index contributed by atoms with van der Waals surface area (Å²) in [6, 6.07) is 0.393. The molecule has 0 heterocycles. The van der Waals surface area contributed by atoms with Crippen LogP contribution < -0.4 is 4.72 Å². The van der Waals surface area contributed by atoms with Gasteiger partial charge in [0.05, 0.1) is 0 Å². The molecule has 0 aliphatic rings. The van der Waals surface area contributed by atoms with Gasteiger partial charge in [0, 0.05) is 43.2 Å². The molecule has 0 radical (unpaired) electrons. The van der Waals surface area contributed by atoms with Crippen LogP contribution in [-0.2, 0) is 24.5 Å². The van der Waals surface area contributed by atoms with E-state index in [1.165, 1.54) is 0 Å². The minimum Gasteiger partial charge on any atom is -0.760 e. The van der Waals surface area contributed by atoms with E-state index in [4.69, 9.17) is 13.3 Å². The molecular weight excluding hydrogens is 298 g/mol. The van der Waals surface area contributed by atoms with E-state index in [-0.39, 0.29) is 6.04 Å². The van der Waals surface area contributed by atoms with Gasteiger partial charge < -0.3 is 17.8 Å². The highest BCUT2D eigenvalue weighted by Gasteiger charge is 2.39. The van der Waals surface area contributed by atoms with E-state index in [1.54, 1.807) is 6.08 Å². The Bertz CT molecular complexity index is 276. The van der Waals surface area contributed by atoms with Gasteiger partial charge >= 0.3 is 8.80 Å². The van der Waals surface area contributed by atoms with E-state index in [0.29, 0.717) is 32.3 Å². The molecule has 0 rings (SSSR count). The van der Waals surface area contributed by atoms with Crippen LogP contribution in [-0.4, -0.2) is 43.4 Å². The summed E-state index contributed by atoms with van der Waals surface area (Å²) in [4.78, 5) is 0. The normalized spacial score (nSPS) is 15.0. The van der Waals surface area contributed by atoms with Crippen LogP contribution in [0.25, 0.3) is 0 Å². The maximum atomic E-state index is 10.6. The van der Waals surface area contributed by atoms with Crippen LogP contribution in [0.2, 0.25) is 6.04 Å². The smallest absolute Gasteiger partial charge is 0.500 e. The topological polar surface area (TPSA) is 79.8 Å². The predicted octanol–water partition coefficient (Wildman–Crippen LogP) is 1.75. The van der Waals surface area contributed by atoms with Crippen LogP contribution in [0.15, 0.2) is 12.7 Å². The molecule has 6 nitrogen and oxygen atoms in total. The second-order valence-corrected chi connectivity index (χ2v) is 7.51.